The molecule has 0 fully saturated rings. The fraction of sp³-hybridized carbons (Fsp3) is 0.929. The second-order valence-corrected chi connectivity index (χ2v) is 5.73. The maximum absolute atomic E-state index is 5.12. The van der Waals surface area contributed by atoms with E-state index in [-0.39, 0.29) is 0 Å². The first kappa shape index (κ1) is 17.2. The van der Waals surface area contributed by atoms with Crippen LogP contribution in [0.15, 0.2) is 0 Å². The minimum absolute atomic E-state index is 0.372. The van der Waals surface area contributed by atoms with Crippen molar-refractivity contribution < 1.29 is 4.74 Å². The van der Waals surface area contributed by atoms with Crippen LogP contribution in [0.3, 0.4) is 0 Å². The van der Waals surface area contributed by atoms with Gasteiger partial charge >= 0.3 is 0 Å². The van der Waals surface area contributed by atoms with E-state index < -0.39 is 0 Å². The Hall–Kier alpha value is 0.240. The molecule has 0 aromatic rings. The van der Waals surface area contributed by atoms with Gasteiger partial charge in [0.25, 0.3) is 0 Å². The van der Waals surface area contributed by atoms with Crippen molar-refractivity contribution in [3.8, 4) is 0 Å². The third-order valence-corrected chi connectivity index (χ3v) is 3.22. The molecule has 0 amide bonds. The number of hydrogen-bond acceptors (Lipinski definition) is 2. The summed E-state index contributed by atoms with van der Waals surface area (Å²) >= 11 is 8.63. The highest BCUT2D eigenvalue weighted by molar-refractivity contribution is 8.10. The van der Waals surface area contributed by atoms with Gasteiger partial charge in [0.15, 0.2) is 0 Å². The van der Waals surface area contributed by atoms with Gasteiger partial charge in [-0.05, 0) is 18.6 Å². The van der Waals surface area contributed by atoms with Crippen molar-refractivity contribution in [2.45, 2.75) is 77.6 Å². The third kappa shape index (κ3) is 16.2. The molecular weight excluding hydrogens is 248 g/mol. The quantitative estimate of drug-likeness (QED) is 0.285. The summed E-state index contributed by atoms with van der Waals surface area (Å²) in [5.74, 6) is 0. The zero-order chi connectivity index (χ0) is 12.8. The van der Waals surface area contributed by atoms with Gasteiger partial charge in [-0.15, -0.1) is 0 Å². The summed E-state index contributed by atoms with van der Waals surface area (Å²) in [7, 11) is 0. The number of thiocarbonyl (C=S) groups is 1. The molecule has 0 spiro atoms. The van der Waals surface area contributed by atoms with Crippen molar-refractivity contribution in [1.29, 1.82) is 0 Å². The number of thiol groups is 1. The predicted octanol–water partition coefficient (Wildman–Crippen LogP) is 5.53. The van der Waals surface area contributed by atoms with Crippen molar-refractivity contribution in [2.24, 2.45) is 0 Å². The molecule has 3 heteroatoms. The largest absolute Gasteiger partial charge is 0.479 e. The Morgan fingerprint density at radius 1 is 0.824 bits per heavy atom. The fourth-order valence-corrected chi connectivity index (χ4v) is 2.10. The Labute approximate surface area is 118 Å². The first-order valence-corrected chi connectivity index (χ1v) is 7.98. The van der Waals surface area contributed by atoms with Gasteiger partial charge in [0.2, 0.25) is 4.38 Å². The monoisotopic (exact) mass is 276 g/mol. The first-order valence-electron chi connectivity index (χ1n) is 7.13. The minimum atomic E-state index is 0.372. The van der Waals surface area contributed by atoms with Crippen LogP contribution in [-0.2, 0) is 4.74 Å². The van der Waals surface area contributed by atoms with Crippen molar-refractivity contribution >= 4 is 29.2 Å². The van der Waals surface area contributed by atoms with E-state index in [1.165, 1.54) is 64.2 Å². The molecule has 0 bridgehead atoms. The molecule has 0 saturated carbocycles. The van der Waals surface area contributed by atoms with Gasteiger partial charge in [0.1, 0.15) is 0 Å². The van der Waals surface area contributed by atoms with E-state index in [4.69, 9.17) is 17.0 Å². The molecule has 0 saturated heterocycles. The van der Waals surface area contributed by atoms with Crippen LogP contribution in [0.4, 0.5) is 0 Å². The Morgan fingerprint density at radius 3 is 1.65 bits per heavy atom. The number of unbranched alkanes of at least 4 members (excludes halogenated alkanes) is 10. The van der Waals surface area contributed by atoms with Crippen LogP contribution in [0, 0.1) is 0 Å². The summed E-state index contributed by atoms with van der Waals surface area (Å²) in [6.07, 6.45) is 14.9. The summed E-state index contributed by atoms with van der Waals surface area (Å²) in [5.41, 5.74) is 0. The van der Waals surface area contributed by atoms with Crippen LogP contribution in [0.25, 0.3) is 0 Å². The molecule has 0 heterocycles. The van der Waals surface area contributed by atoms with Gasteiger partial charge in [-0.1, -0.05) is 83.8 Å². The first-order chi connectivity index (χ1) is 8.27. The summed E-state index contributed by atoms with van der Waals surface area (Å²) in [6, 6.07) is 0. The highest BCUT2D eigenvalue weighted by Gasteiger charge is 1.94. The van der Waals surface area contributed by atoms with E-state index >= 15 is 0 Å². The van der Waals surface area contributed by atoms with Crippen molar-refractivity contribution in [1.82, 2.24) is 0 Å². The van der Waals surface area contributed by atoms with E-state index in [0.29, 0.717) is 4.38 Å². The summed E-state index contributed by atoms with van der Waals surface area (Å²) < 4.78 is 5.49. The molecule has 0 radical (unpaired) electrons. The highest BCUT2D eigenvalue weighted by Crippen LogP contribution is 2.11. The summed E-state index contributed by atoms with van der Waals surface area (Å²) in [6.45, 7) is 3.00. The molecule has 1 nitrogen and oxygen atoms in total. The second-order valence-electron chi connectivity index (χ2n) is 4.65. The third-order valence-electron chi connectivity index (χ3n) is 2.97. The van der Waals surface area contributed by atoms with Crippen LogP contribution in [0.5, 0.6) is 0 Å². The molecule has 0 N–H and O–H groups in total. The fourth-order valence-electron chi connectivity index (χ4n) is 1.93. The van der Waals surface area contributed by atoms with Crippen molar-refractivity contribution in [3.63, 3.8) is 0 Å². The number of ether oxygens (including phenoxy) is 1. The van der Waals surface area contributed by atoms with Gasteiger partial charge in [0.05, 0.1) is 6.61 Å². The molecule has 102 valence electrons. The molecule has 0 atom stereocenters. The summed E-state index contributed by atoms with van der Waals surface area (Å²) in [5, 5.41) is 0. The Bertz CT molecular complexity index is 172. The molecule has 0 rings (SSSR count). The highest BCUT2D eigenvalue weighted by atomic mass is 32.1. The lowest BCUT2D eigenvalue weighted by atomic mass is 10.1. The van der Waals surface area contributed by atoms with Gasteiger partial charge in [-0.2, -0.15) is 0 Å². The molecule has 0 aliphatic heterocycles. The minimum Gasteiger partial charge on any atom is -0.479 e. The van der Waals surface area contributed by atoms with Gasteiger partial charge in [-0.3, -0.25) is 0 Å². The second kappa shape index (κ2) is 14.3. The topological polar surface area (TPSA) is 9.23 Å². The van der Waals surface area contributed by atoms with Gasteiger partial charge in [-0.25, -0.2) is 0 Å². The van der Waals surface area contributed by atoms with Gasteiger partial charge < -0.3 is 4.74 Å². The Balaban J connectivity index is 2.91. The van der Waals surface area contributed by atoms with E-state index in [9.17, 15) is 0 Å². The van der Waals surface area contributed by atoms with Crippen molar-refractivity contribution in [2.75, 3.05) is 6.61 Å². The predicted molar refractivity (Wildman–Crippen MR) is 84.0 cm³/mol. The number of hydrogen-bond donors (Lipinski definition) is 1. The standard InChI is InChI=1S/C14H28OS2/c1-2-3-4-5-6-7-8-9-10-11-12-13-15-14(16)17/h2-13H2,1H3,(H,16,17). The molecule has 0 unspecified atom stereocenters. The Kier molecular flexibility index (Phi) is 14.5. The lowest BCUT2D eigenvalue weighted by Crippen LogP contribution is -1.95. The average molecular weight is 277 g/mol. The molecule has 0 aromatic carbocycles. The summed E-state index contributed by atoms with van der Waals surface area (Å²) in [4.78, 5) is 0. The normalized spacial score (nSPS) is 10.5. The zero-order valence-corrected chi connectivity index (χ0v) is 13.0. The molecule has 0 aliphatic rings. The molecule has 0 aliphatic carbocycles. The van der Waals surface area contributed by atoms with Crippen LogP contribution in [0.1, 0.15) is 77.6 Å². The molecular formula is C14H28OS2. The maximum Gasteiger partial charge on any atom is 0.216 e. The van der Waals surface area contributed by atoms with Crippen LogP contribution < -0.4 is 0 Å². The molecule has 17 heavy (non-hydrogen) atoms. The van der Waals surface area contributed by atoms with Crippen LogP contribution in [-0.4, -0.2) is 11.0 Å². The van der Waals surface area contributed by atoms with Crippen LogP contribution >= 0.6 is 24.8 Å². The van der Waals surface area contributed by atoms with E-state index in [2.05, 4.69) is 19.6 Å². The smallest absolute Gasteiger partial charge is 0.216 e. The van der Waals surface area contributed by atoms with Gasteiger partial charge in [0, 0.05) is 0 Å². The zero-order valence-electron chi connectivity index (χ0n) is 11.2. The van der Waals surface area contributed by atoms with E-state index in [1.807, 2.05) is 0 Å². The maximum atomic E-state index is 5.12. The molecule has 0 aromatic heterocycles. The average Bonchev–Trinajstić information content (AvgIpc) is 2.30. The van der Waals surface area contributed by atoms with E-state index in [0.717, 1.165) is 13.0 Å². The van der Waals surface area contributed by atoms with E-state index in [1.54, 1.807) is 0 Å². The van der Waals surface area contributed by atoms with Crippen molar-refractivity contribution in [3.05, 3.63) is 0 Å². The lowest BCUT2D eigenvalue weighted by molar-refractivity contribution is 0.308. The van der Waals surface area contributed by atoms with Crippen LogP contribution in [0.2, 0.25) is 0 Å². The number of rotatable bonds is 12. The lowest BCUT2D eigenvalue weighted by Gasteiger charge is -2.03. The SMILES string of the molecule is CCCCCCCCCCCCCOC(=S)S. The Morgan fingerprint density at radius 2 is 1.24 bits per heavy atom.